The number of carbonyl (C=O) groups excluding carboxylic acids is 1. The Kier molecular flexibility index (Phi) is 3.47. The number of halogens is 1. The number of nitrogens with zero attached hydrogens (tertiary/aromatic N) is 1. The van der Waals surface area contributed by atoms with E-state index in [4.69, 9.17) is 0 Å². The van der Waals surface area contributed by atoms with E-state index in [-0.39, 0.29) is 0 Å². The molecule has 0 unspecified atom stereocenters. The lowest BCUT2D eigenvalue weighted by Crippen LogP contribution is -1.96. The topological polar surface area (TPSA) is 46.5 Å². The van der Waals surface area contributed by atoms with E-state index in [1.54, 1.807) is 35.7 Å². The van der Waals surface area contributed by atoms with E-state index >= 15 is 0 Å². The monoisotopic (exact) mass is 351 g/mol. The van der Waals surface area contributed by atoms with E-state index in [0.29, 0.717) is 5.56 Å². The van der Waals surface area contributed by atoms with Gasteiger partial charge in [-0.1, -0.05) is 29.6 Å². The highest BCUT2D eigenvalue weighted by Crippen LogP contribution is 2.50. The summed E-state index contributed by atoms with van der Waals surface area (Å²) < 4.78 is 1.06. The summed E-state index contributed by atoms with van der Waals surface area (Å²) in [6.45, 7) is 0. The molecule has 2 aromatic carbocycles. The Bertz CT molecular complexity index is 703. The first kappa shape index (κ1) is 12.9. The number of fused-ring (bicyclic) bond motifs is 2. The minimum absolute atomic E-state index is 0.334. The third-order valence-electron chi connectivity index (χ3n) is 2.64. The Morgan fingerprint density at radius 1 is 1.05 bits per heavy atom. The first-order chi connectivity index (χ1) is 9.19. The average molecular weight is 352 g/mol. The normalized spacial score (nSPS) is 12.5. The smallest absolute Gasteiger partial charge is 0.263 e. The fourth-order valence-corrected chi connectivity index (χ4v) is 4.79. The Morgan fingerprint density at radius 3 is 2.68 bits per heavy atom. The molecule has 1 amide bonds. The van der Waals surface area contributed by atoms with Gasteiger partial charge >= 0.3 is 5.91 Å². The third-order valence-corrected chi connectivity index (χ3v) is 6.16. The molecule has 19 heavy (non-hydrogen) atoms. The van der Waals surface area contributed by atoms with Gasteiger partial charge in [0.25, 0.3) is 0 Å². The van der Waals surface area contributed by atoms with Crippen molar-refractivity contribution in [1.82, 2.24) is 0 Å². The van der Waals surface area contributed by atoms with Crippen LogP contribution in [-0.2, 0) is 0 Å². The molecule has 0 radical (unpaired) electrons. The van der Waals surface area contributed by atoms with E-state index in [0.717, 1.165) is 19.2 Å². The Hall–Kier alpha value is -1.11. The van der Waals surface area contributed by atoms with Crippen molar-refractivity contribution in [3.05, 3.63) is 51.3 Å². The third kappa shape index (κ3) is 2.35. The minimum Gasteiger partial charge on any atom is -0.263 e. The van der Waals surface area contributed by atoms with Gasteiger partial charge in [-0.15, -0.1) is 4.91 Å². The maximum absolute atomic E-state index is 11.3. The molecule has 1 aliphatic rings. The van der Waals surface area contributed by atoms with Crippen molar-refractivity contribution in [2.24, 2.45) is 5.18 Å². The molecular weight excluding hydrogens is 346 g/mol. The molecule has 0 atom stereocenters. The Balaban J connectivity index is 2.05. The van der Waals surface area contributed by atoms with Crippen LogP contribution in [0.3, 0.4) is 0 Å². The fourth-order valence-electron chi connectivity index (χ4n) is 1.75. The van der Waals surface area contributed by atoms with Crippen molar-refractivity contribution in [2.45, 2.75) is 19.6 Å². The lowest BCUT2D eigenvalue weighted by Gasteiger charge is -2.19. The molecule has 0 bridgehead atoms. The summed E-state index contributed by atoms with van der Waals surface area (Å²) in [5, 5.41) is 2.45. The van der Waals surface area contributed by atoms with E-state index in [2.05, 4.69) is 21.1 Å². The first-order valence-corrected chi connectivity index (χ1v) is 7.77. The van der Waals surface area contributed by atoms with Gasteiger partial charge in [-0.2, -0.15) is 0 Å². The van der Waals surface area contributed by atoms with Crippen LogP contribution >= 0.6 is 39.5 Å². The quantitative estimate of drug-likeness (QED) is 0.580. The minimum atomic E-state index is -0.728. The molecule has 1 aliphatic heterocycles. The number of carbonyl (C=O) groups is 1. The molecule has 0 N–H and O–H groups in total. The molecule has 0 spiro atoms. The summed E-state index contributed by atoms with van der Waals surface area (Å²) in [6.07, 6.45) is 0. The zero-order chi connectivity index (χ0) is 13.4. The first-order valence-electron chi connectivity index (χ1n) is 5.35. The predicted octanol–water partition coefficient (Wildman–Crippen LogP) is 4.97. The molecule has 2 aromatic rings. The van der Waals surface area contributed by atoms with E-state index < -0.39 is 5.91 Å². The summed E-state index contributed by atoms with van der Waals surface area (Å²) in [5.74, 6) is -0.728. The molecule has 3 nitrogen and oxygen atoms in total. The number of hydrogen-bond donors (Lipinski definition) is 0. The molecule has 6 heteroatoms. The zero-order valence-corrected chi connectivity index (χ0v) is 12.6. The number of nitroso groups, excluding NO2 is 1. The molecule has 0 aliphatic carbocycles. The van der Waals surface area contributed by atoms with Crippen LogP contribution in [0.1, 0.15) is 10.4 Å². The van der Waals surface area contributed by atoms with Gasteiger partial charge in [-0.05, 0) is 46.3 Å². The summed E-state index contributed by atoms with van der Waals surface area (Å²) in [7, 11) is 0. The molecule has 3 rings (SSSR count). The molecular formula is C13H6BrNO2S2. The van der Waals surface area contributed by atoms with Gasteiger partial charge < -0.3 is 0 Å². The highest BCUT2D eigenvalue weighted by molar-refractivity contribution is 9.10. The SMILES string of the molecule is O=NC(=O)c1ccc2c(c1)Sc1cccc(Br)c1S2. The number of amides is 1. The van der Waals surface area contributed by atoms with Gasteiger partial charge in [-0.25, -0.2) is 0 Å². The Labute approximate surface area is 126 Å². The van der Waals surface area contributed by atoms with Gasteiger partial charge in [0.2, 0.25) is 0 Å². The molecule has 1 heterocycles. The van der Waals surface area contributed by atoms with Gasteiger partial charge in [-0.3, -0.25) is 4.79 Å². The molecule has 94 valence electrons. The van der Waals surface area contributed by atoms with E-state index in [1.807, 2.05) is 24.3 Å². The van der Waals surface area contributed by atoms with Crippen LogP contribution in [0.2, 0.25) is 0 Å². The lowest BCUT2D eigenvalue weighted by atomic mass is 10.2. The number of rotatable bonds is 1. The van der Waals surface area contributed by atoms with Gasteiger partial charge in [0.05, 0.1) is 0 Å². The lowest BCUT2D eigenvalue weighted by molar-refractivity contribution is 0.100. The standard InChI is InChI=1S/C13H6BrNO2S2/c14-8-2-1-3-10-12(8)19-9-5-4-7(13(16)15-17)6-11(9)18-10/h1-6H. The highest BCUT2D eigenvalue weighted by Gasteiger charge is 2.20. The van der Waals surface area contributed by atoms with Crippen LogP contribution in [0.5, 0.6) is 0 Å². The molecule has 0 saturated heterocycles. The van der Waals surface area contributed by atoms with Crippen molar-refractivity contribution >= 4 is 45.4 Å². The van der Waals surface area contributed by atoms with Crippen LogP contribution in [-0.4, -0.2) is 5.91 Å². The van der Waals surface area contributed by atoms with Crippen LogP contribution < -0.4 is 0 Å². The molecule has 0 fully saturated rings. The number of benzene rings is 2. The van der Waals surface area contributed by atoms with Crippen LogP contribution in [0.15, 0.2) is 65.6 Å². The summed E-state index contributed by atoms with van der Waals surface area (Å²) in [6, 6.07) is 11.2. The second kappa shape index (κ2) is 5.11. The average Bonchev–Trinajstić information content (AvgIpc) is 2.44. The highest BCUT2D eigenvalue weighted by atomic mass is 79.9. The maximum Gasteiger partial charge on any atom is 0.316 e. The summed E-state index contributed by atoms with van der Waals surface area (Å²) in [4.78, 5) is 26.0. The van der Waals surface area contributed by atoms with Gasteiger partial charge in [0.15, 0.2) is 0 Å². The largest absolute Gasteiger partial charge is 0.316 e. The van der Waals surface area contributed by atoms with Crippen molar-refractivity contribution in [2.75, 3.05) is 0 Å². The second-order valence-corrected chi connectivity index (χ2v) is 6.82. The van der Waals surface area contributed by atoms with Crippen molar-refractivity contribution in [3.63, 3.8) is 0 Å². The fraction of sp³-hybridized carbons (Fsp3) is 0. The van der Waals surface area contributed by atoms with Crippen LogP contribution in [0, 0.1) is 4.91 Å². The zero-order valence-electron chi connectivity index (χ0n) is 9.42. The van der Waals surface area contributed by atoms with E-state index in [1.165, 1.54) is 4.90 Å². The predicted molar refractivity (Wildman–Crippen MR) is 79.0 cm³/mol. The molecule has 0 saturated carbocycles. The van der Waals surface area contributed by atoms with Crippen molar-refractivity contribution in [1.29, 1.82) is 0 Å². The summed E-state index contributed by atoms with van der Waals surface area (Å²) in [5.41, 5.74) is 0.334. The Morgan fingerprint density at radius 2 is 1.89 bits per heavy atom. The van der Waals surface area contributed by atoms with Crippen molar-refractivity contribution < 1.29 is 4.79 Å². The van der Waals surface area contributed by atoms with Crippen molar-refractivity contribution in [3.8, 4) is 0 Å². The second-order valence-electron chi connectivity index (χ2n) is 3.83. The van der Waals surface area contributed by atoms with Crippen LogP contribution in [0.4, 0.5) is 0 Å². The maximum atomic E-state index is 11.3. The number of hydrogen-bond acceptors (Lipinski definition) is 4. The van der Waals surface area contributed by atoms with Gasteiger partial charge in [0, 0.05) is 34.8 Å². The van der Waals surface area contributed by atoms with E-state index in [9.17, 15) is 9.70 Å². The molecule has 0 aromatic heterocycles. The summed E-state index contributed by atoms with van der Waals surface area (Å²) >= 11 is 6.78. The van der Waals surface area contributed by atoms with Crippen LogP contribution in [0.25, 0.3) is 0 Å². The van der Waals surface area contributed by atoms with Gasteiger partial charge in [0.1, 0.15) is 0 Å².